The van der Waals surface area contributed by atoms with Crippen LogP contribution in [-0.4, -0.2) is 0 Å². The molecule has 0 fully saturated rings. The first kappa shape index (κ1) is 15.5. The van der Waals surface area contributed by atoms with Crippen LogP contribution in [0.1, 0.15) is 57.1 Å². The van der Waals surface area contributed by atoms with Crippen LogP contribution < -0.4 is 0 Å². The third kappa shape index (κ3) is 1.60. The Bertz CT molecular complexity index is 1360. The summed E-state index contributed by atoms with van der Waals surface area (Å²) in [6.45, 7) is 0. The van der Waals surface area contributed by atoms with Crippen LogP contribution in [0.3, 0.4) is 0 Å². The van der Waals surface area contributed by atoms with E-state index in [4.69, 9.17) is 0 Å². The van der Waals surface area contributed by atoms with E-state index in [9.17, 15) is 0 Å². The summed E-state index contributed by atoms with van der Waals surface area (Å²) in [5.74, 6) is 2.13. The summed E-state index contributed by atoms with van der Waals surface area (Å²) in [6.07, 6.45) is 0. The maximum Gasteiger partial charge on any atom is 0.0170 e. The molecule has 9 rings (SSSR count). The zero-order chi connectivity index (χ0) is 19.4. The molecule has 0 heterocycles. The van der Waals surface area contributed by atoms with Crippen LogP contribution in [0.4, 0.5) is 0 Å². The number of fused-ring (bicyclic) bond motifs is 6. The van der Waals surface area contributed by atoms with Gasteiger partial charge in [0.15, 0.2) is 0 Å². The van der Waals surface area contributed by atoms with Crippen LogP contribution >= 0.6 is 0 Å². The summed E-state index contributed by atoms with van der Waals surface area (Å²) < 4.78 is 0. The van der Waals surface area contributed by atoms with Gasteiger partial charge in [-0.25, -0.2) is 0 Å². The van der Waals surface area contributed by atoms with Crippen molar-refractivity contribution in [2.45, 2.75) is 23.7 Å². The Balaban J connectivity index is 1.53. The van der Waals surface area contributed by atoms with Gasteiger partial charge in [-0.2, -0.15) is 0 Å². The second kappa shape index (κ2) is 5.21. The van der Waals surface area contributed by atoms with E-state index in [-0.39, 0.29) is 0 Å². The highest BCUT2D eigenvalue weighted by Gasteiger charge is 2.57. The van der Waals surface area contributed by atoms with Crippen LogP contribution in [-0.2, 0) is 0 Å². The standard InChI is InChI=1S/C30H20/c1-3-11-19-17(9-1)18-10-2-4-12-20(18)28-27(19)29-25-21-13-5-7-15-23(21)26(30(28)29)24-16-8-6-14-22(24)25/h1-16,25-26,29-30H. The summed E-state index contributed by atoms with van der Waals surface area (Å²) in [7, 11) is 0. The molecular weight excluding hydrogens is 360 g/mol. The molecule has 0 saturated heterocycles. The van der Waals surface area contributed by atoms with Crippen molar-refractivity contribution in [1.29, 1.82) is 0 Å². The highest BCUT2D eigenvalue weighted by atomic mass is 14.6. The fourth-order valence-electron chi connectivity index (χ4n) is 7.19. The predicted octanol–water partition coefficient (Wildman–Crippen LogP) is 7.46. The van der Waals surface area contributed by atoms with Crippen LogP contribution in [0.5, 0.6) is 0 Å². The molecule has 2 bridgehead atoms. The van der Waals surface area contributed by atoms with Gasteiger partial charge in [0.2, 0.25) is 0 Å². The summed E-state index contributed by atoms with van der Waals surface area (Å²) in [6, 6.07) is 36.6. The van der Waals surface area contributed by atoms with Crippen molar-refractivity contribution in [3.63, 3.8) is 0 Å². The van der Waals surface area contributed by atoms with E-state index in [0.29, 0.717) is 23.7 Å². The van der Waals surface area contributed by atoms with Gasteiger partial charge in [0, 0.05) is 23.7 Å². The van der Waals surface area contributed by atoms with Crippen molar-refractivity contribution in [2.24, 2.45) is 0 Å². The normalized spacial score (nSPS) is 24.7. The van der Waals surface area contributed by atoms with Crippen molar-refractivity contribution in [1.82, 2.24) is 0 Å². The Morgan fingerprint density at radius 3 is 1.00 bits per heavy atom. The first-order valence-electron chi connectivity index (χ1n) is 11.0. The zero-order valence-corrected chi connectivity index (χ0v) is 16.5. The van der Waals surface area contributed by atoms with Crippen LogP contribution in [0.15, 0.2) is 97.1 Å². The van der Waals surface area contributed by atoms with Gasteiger partial charge >= 0.3 is 0 Å². The topological polar surface area (TPSA) is 0 Å². The summed E-state index contributed by atoms with van der Waals surface area (Å²) in [5, 5.41) is 5.76. The lowest BCUT2D eigenvalue weighted by Gasteiger charge is -2.58. The molecule has 0 aromatic heterocycles. The van der Waals surface area contributed by atoms with Gasteiger partial charge in [0.05, 0.1) is 0 Å². The van der Waals surface area contributed by atoms with Crippen LogP contribution in [0.2, 0.25) is 0 Å². The molecule has 0 saturated carbocycles. The van der Waals surface area contributed by atoms with Gasteiger partial charge in [-0.1, -0.05) is 97.1 Å². The lowest BCUT2D eigenvalue weighted by Crippen LogP contribution is -2.43. The summed E-state index contributed by atoms with van der Waals surface area (Å²) in [5.41, 5.74) is 9.48. The van der Waals surface area contributed by atoms with Crippen molar-refractivity contribution in [2.75, 3.05) is 0 Å². The molecule has 5 aromatic rings. The van der Waals surface area contributed by atoms with E-state index in [2.05, 4.69) is 97.1 Å². The summed E-state index contributed by atoms with van der Waals surface area (Å²) in [4.78, 5) is 0. The Morgan fingerprint density at radius 1 is 0.333 bits per heavy atom. The van der Waals surface area contributed by atoms with E-state index in [1.165, 1.54) is 21.5 Å². The third-order valence-corrected chi connectivity index (χ3v) is 8.12. The van der Waals surface area contributed by atoms with Gasteiger partial charge in [-0.15, -0.1) is 0 Å². The number of hydrogen-bond donors (Lipinski definition) is 0. The molecule has 140 valence electrons. The smallest absolute Gasteiger partial charge is 0.0170 e. The molecular formula is C30H20. The largest absolute Gasteiger partial charge is 0.0620 e. The monoisotopic (exact) mass is 380 g/mol. The van der Waals surface area contributed by atoms with Crippen molar-refractivity contribution in [3.8, 4) is 0 Å². The molecule has 0 nitrogen and oxygen atoms in total. The minimum Gasteiger partial charge on any atom is -0.0620 e. The first-order chi connectivity index (χ1) is 14.9. The molecule has 0 spiro atoms. The summed E-state index contributed by atoms with van der Waals surface area (Å²) >= 11 is 0. The molecule has 0 amide bonds. The van der Waals surface area contributed by atoms with Gasteiger partial charge < -0.3 is 0 Å². The molecule has 0 radical (unpaired) electrons. The average Bonchev–Trinajstić information content (AvgIpc) is 2.80. The third-order valence-electron chi connectivity index (χ3n) is 8.12. The molecule has 2 unspecified atom stereocenters. The second-order valence-electron chi connectivity index (χ2n) is 9.18. The Hall–Kier alpha value is -3.38. The highest BCUT2D eigenvalue weighted by molar-refractivity contribution is 6.12. The minimum atomic E-state index is 0.476. The van der Waals surface area contributed by atoms with Gasteiger partial charge in [-0.3, -0.25) is 0 Å². The van der Waals surface area contributed by atoms with E-state index in [1.807, 2.05) is 0 Å². The quantitative estimate of drug-likeness (QED) is 0.245. The lowest BCUT2D eigenvalue weighted by molar-refractivity contribution is 0.344. The minimum absolute atomic E-state index is 0.476. The van der Waals surface area contributed by atoms with E-state index < -0.39 is 0 Å². The number of hydrogen-bond acceptors (Lipinski definition) is 0. The van der Waals surface area contributed by atoms with Gasteiger partial charge in [-0.05, 0) is 54.9 Å². The zero-order valence-electron chi connectivity index (χ0n) is 16.5. The Morgan fingerprint density at radius 2 is 0.633 bits per heavy atom. The van der Waals surface area contributed by atoms with E-state index in [1.54, 1.807) is 33.4 Å². The molecule has 4 aliphatic carbocycles. The SMILES string of the molecule is c1ccc2c(c1)C1c3ccccc3C2C2c3c(c4ccccc4c4ccccc34)C12. The van der Waals surface area contributed by atoms with Crippen LogP contribution in [0.25, 0.3) is 21.5 Å². The van der Waals surface area contributed by atoms with E-state index in [0.717, 1.165) is 0 Å². The molecule has 0 heteroatoms. The van der Waals surface area contributed by atoms with Crippen molar-refractivity contribution < 1.29 is 0 Å². The molecule has 0 aliphatic heterocycles. The van der Waals surface area contributed by atoms with Crippen molar-refractivity contribution in [3.05, 3.63) is 130 Å². The van der Waals surface area contributed by atoms with Crippen molar-refractivity contribution >= 4 is 21.5 Å². The molecule has 30 heavy (non-hydrogen) atoms. The number of benzene rings is 5. The molecule has 4 aliphatic rings. The Kier molecular flexibility index (Phi) is 2.68. The Labute approximate surface area is 175 Å². The molecule has 5 aromatic carbocycles. The highest BCUT2D eigenvalue weighted by Crippen LogP contribution is 2.72. The van der Waals surface area contributed by atoms with Crippen LogP contribution in [0, 0.1) is 0 Å². The second-order valence-corrected chi connectivity index (χ2v) is 9.18. The maximum atomic E-state index is 2.39. The predicted molar refractivity (Wildman–Crippen MR) is 124 cm³/mol. The first-order valence-corrected chi connectivity index (χ1v) is 11.0. The molecule has 2 atom stereocenters. The number of rotatable bonds is 0. The van der Waals surface area contributed by atoms with E-state index >= 15 is 0 Å². The van der Waals surface area contributed by atoms with Gasteiger partial charge in [0.1, 0.15) is 0 Å². The average molecular weight is 380 g/mol. The fraction of sp³-hybridized carbons (Fsp3) is 0.133. The van der Waals surface area contributed by atoms with Gasteiger partial charge in [0.25, 0.3) is 0 Å². The lowest BCUT2D eigenvalue weighted by atomic mass is 9.45. The fourth-order valence-corrected chi connectivity index (χ4v) is 7.19. The maximum absolute atomic E-state index is 2.39. The molecule has 0 N–H and O–H groups in total.